The number of methoxy groups -OCH3 is 2. The fourth-order valence-corrected chi connectivity index (χ4v) is 5.74. The third kappa shape index (κ3) is 4.98. The summed E-state index contributed by atoms with van der Waals surface area (Å²) < 4.78 is 37.1. The second-order valence-electron chi connectivity index (χ2n) is 7.20. The molecular weight excluding hydrogens is 498 g/mol. The van der Waals surface area contributed by atoms with E-state index in [2.05, 4.69) is 9.97 Å². The van der Waals surface area contributed by atoms with Gasteiger partial charge >= 0.3 is 0 Å². The molecule has 0 fully saturated rings. The highest BCUT2D eigenvalue weighted by molar-refractivity contribution is 7.92. The predicted octanol–water partition coefficient (Wildman–Crippen LogP) is 4.37. The van der Waals surface area contributed by atoms with E-state index >= 15 is 0 Å². The molecule has 0 bridgehead atoms. The molecule has 176 valence electrons. The Hall–Kier alpha value is -3.21. The SMILES string of the molecule is COc1ccc(S(=O)(=O)CC(=O)N(Cc2cccnc2)c2nc3c(OC)ccc(Cl)c3s2)cc1. The van der Waals surface area contributed by atoms with Crippen LogP contribution in [0.2, 0.25) is 5.02 Å². The maximum absolute atomic E-state index is 13.4. The molecule has 0 spiro atoms. The summed E-state index contributed by atoms with van der Waals surface area (Å²) in [4.78, 5) is 23.4. The molecular formula is C23H20ClN3O5S2. The fourth-order valence-electron chi connectivity index (χ4n) is 3.26. The first kappa shape index (κ1) is 23.9. The standard InChI is InChI=1S/C23H20ClN3O5S2/c1-31-16-5-7-17(8-6-16)34(29,30)14-20(28)27(13-15-4-3-11-25-12-15)23-26-21-19(32-2)10-9-18(24)22(21)33-23/h3-12H,13-14H2,1-2H3. The zero-order valence-corrected chi connectivity index (χ0v) is 20.7. The van der Waals surface area contributed by atoms with Crippen molar-refractivity contribution >= 4 is 54.0 Å². The van der Waals surface area contributed by atoms with Gasteiger partial charge in [-0.1, -0.05) is 29.0 Å². The lowest BCUT2D eigenvalue weighted by Gasteiger charge is -2.20. The molecule has 2 aromatic heterocycles. The number of hydrogen-bond acceptors (Lipinski definition) is 8. The summed E-state index contributed by atoms with van der Waals surface area (Å²) in [5, 5.41) is 0.763. The van der Waals surface area contributed by atoms with Crippen molar-refractivity contribution in [3.63, 3.8) is 0 Å². The van der Waals surface area contributed by atoms with Crippen molar-refractivity contribution in [2.75, 3.05) is 24.9 Å². The van der Waals surface area contributed by atoms with Crippen molar-refractivity contribution in [1.29, 1.82) is 0 Å². The molecule has 0 atom stereocenters. The number of benzene rings is 2. The molecule has 0 aliphatic carbocycles. The average molecular weight is 518 g/mol. The van der Waals surface area contributed by atoms with E-state index in [-0.39, 0.29) is 11.4 Å². The molecule has 0 saturated carbocycles. The molecule has 0 radical (unpaired) electrons. The Balaban J connectivity index is 1.72. The van der Waals surface area contributed by atoms with E-state index in [9.17, 15) is 13.2 Å². The van der Waals surface area contributed by atoms with Crippen molar-refractivity contribution in [2.24, 2.45) is 0 Å². The lowest BCUT2D eigenvalue weighted by molar-refractivity contribution is -0.116. The van der Waals surface area contributed by atoms with Crippen LogP contribution in [-0.2, 0) is 21.2 Å². The van der Waals surface area contributed by atoms with Crippen LogP contribution in [0.1, 0.15) is 5.56 Å². The number of aromatic nitrogens is 2. The van der Waals surface area contributed by atoms with E-state index in [0.717, 1.165) is 5.56 Å². The van der Waals surface area contributed by atoms with Crippen molar-refractivity contribution in [1.82, 2.24) is 9.97 Å². The van der Waals surface area contributed by atoms with E-state index in [1.807, 2.05) is 0 Å². The molecule has 0 aliphatic rings. The smallest absolute Gasteiger partial charge is 0.244 e. The maximum Gasteiger partial charge on any atom is 0.244 e. The van der Waals surface area contributed by atoms with E-state index in [0.29, 0.717) is 31.9 Å². The van der Waals surface area contributed by atoms with E-state index < -0.39 is 21.5 Å². The molecule has 0 aliphatic heterocycles. The third-order valence-corrected chi connectivity index (χ3v) is 8.15. The van der Waals surface area contributed by atoms with Gasteiger partial charge in [-0.05, 0) is 48.0 Å². The van der Waals surface area contributed by atoms with Crippen LogP contribution in [0, 0.1) is 0 Å². The number of ether oxygens (including phenoxy) is 2. The van der Waals surface area contributed by atoms with Crippen LogP contribution in [0.3, 0.4) is 0 Å². The summed E-state index contributed by atoms with van der Waals surface area (Å²) in [7, 11) is -0.913. The number of anilines is 1. The highest BCUT2D eigenvalue weighted by atomic mass is 35.5. The number of carbonyl (C=O) groups excluding carboxylic acids is 1. The van der Waals surface area contributed by atoms with E-state index in [4.69, 9.17) is 21.1 Å². The van der Waals surface area contributed by atoms with Crippen LogP contribution in [0.25, 0.3) is 10.2 Å². The summed E-state index contributed by atoms with van der Waals surface area (Å²) in [5.41, 5.74) is 1.21. The largest absolute Gasteiger partial charge is 0.497 e. The summed E-state index contributed by atoms with van der Waals surface area (Å²) in [6.45, 7) is 0.0879. The molecule has 0 unspecified atom stereocenters. The van der Waals surface area contributed by atoms with Gasteiger partial charge in [0.2, 0.25) is 5.91 Å². The first-order valence-corrected chi connectivity index (χ1v) is 12.9. The number of pyridine rings is 1. The second kappa shape index (κ2) is 9.96. The Kier molecular flexibility index (Phi) is 7.01. The zero-order chi connectivity index (χ0) is 24.3. The highest BCUT2D eigenvalue weighted by Gasteiger charge is 2.28. The van der Waals surface area contributed by atoms with Gasteiger partial charge in [-0.25, -0.2) is 13.4 Å². The predicted molar refractivity (Wildman–Crippen MR) is 132 cm³/mol. The lowest BCUT2D eigenvalue weighted by Crippen LogP contribution is -2.35. The average Bonchev–Trinajstić information content (AvgIpc) is 3.29. The van der Waals surface area contributed by atoms with Crippen molar-refractivity contribution in [3.8, 4) is 11.5 Å². The summed E-state index contributed by atoms with van der Waals surface area (Å²) >= 11 is 7.54. The van der Waals surface area contributed by atoms with Gasteiger partial charge in [0.05, 0.1) is 35.4 Å². The quantitative estimate of drug-likeness (QED) is 0.342. The van der Waals surface area contributed by atoms with E-state index in [1.54, 1.807) is 36.7 Å². The Bertz CT molecular complexity index is 1420. The van der Waals surface area contributed by atoms with Gasteiger partial charge in [-0.15, -0.1) is 0 Å². The lowest BCUT2D eigenvalue weighted by atomic mass is 10.2. The molecule has 4 rings (SSSR count). The molecule has 4 aromatic rings. The van der Waals surface area contributed by atoms with Crippen LogP contribution in [-0.4, -0.2) is 44.3 Å². The Morgan fingerprint density at radius 3 is 2.50 bits per heavy atom. The van der Waals surface area contributed by atoms with Gasteiger partial charge in [0.25, 0.3) is 0 Å². The first-order valence-electron chi connectivity index (χ1n) is 10.0. The Morgan fingerprint density at radius 1 is 1.09 bits per heavy atom. The van der Waals surface area contributed by atoms with Crippen LogP contribution >= 0.6 is 22.9 Å². The summed E-state index contributed by atoms with van der Waals surface area (Å²) in [5.74, 6) is -0.348. The van der Waals surface area contributed by atoms with Crippen LogP contribution in [0.5, 0.6) is 11.5 Å². The van der Waals surface area contributed by atoms with Crippen LogP contribution in [0.4, 0.5) is 5.13 Å². The van der Waals surface area contributed by atoms with Gasteiger partial charge in [0.1, 0.15) is 22.8 Å². The number of rotatable bonds is 8. The molecule has 2 aromatic carbocycles. The minimum absolute atomic E-state index is 0.0250. The topological polar surface area (TPSA) is 98.7 Å². The number of sulfone groups is 1. The number of amides is 1. The normalized spacial score (nSPS) is 11.4. The van der Waals surface area contributed by atoms with Gasteiger partial charge < -0.3 is 9.47 Å². The van der Waals surface area contributed by atoms with Crippen LogP contribution in [0.15, 0.2) is 65.8 Å². The number of halogens is 1. The Labute approximate surface area is 205 Å². The number of fused-ring (bicyclic) bond motifs is 1. The van der Waals surface area contributed by atoms with E-state index in [1.165, 1.54) is 54.7 Å². The number of hydrogen-bond donors (Lipinski definition) is 0. The first-order chi connectivity index (χ1) is 16.3. The molecule has 0 saturated heterocycles. The zero-order valence-electron chi connectivity index (χ0n) is 18.3. The van der Waals surface area contributed by atoms with Gasteiger partial charge in [0.15, 0.2) is 15.0 Å². The van der Waals surface area contributed by atoms with Crippen molar-refractivity contribution in [3.05, 3.63) is 71.5 Å². The number of carbonyl (C=O) groups is 1. The minimum Gasteiger partial charge on any atom is -0.497 e. The summed E-state index contributed by atoms with van der Waals surface area (Å²) in [6, 6.07) is 12.8. The minimum atomic E-state index is -3.92. The third-order valence-electron chi connectivity index (χ3n) is 4.99. The maximum atomic E-state index is 13.4. The monoisotopic (exact) mass is 517 g/mol. The van der Waals surface area contributed by atoms with Crippen LogP contribution < -0.4 is 14.4 Å². The molecule has 8 nitrogen and oxygen atoms in total. The summed E-state index contributed by atoms with van der Waals surface area (Å²) in [6.07, 6.45) is 3.23. The molecule has 34 heavy (non-hydrogen) atoms. The molecule has 1 amide bonds. The fraction of sp³-hybridized carbons (Fsp3) is 0.174. The van der Waals surface area contributed by atoms with Crippen molar-refractivity contribution < 1.29 is 22.7 Å². The van der Waals surface area contributed by atoms with Gasteiger partial charge in [-0.3, -0.25) is 14.7 Å². The number of nitrogens with zero attached hydrogens (tertiary/aromatic N) is 3. The number of thiazole rings is 1. The van der Waals surface area contributed by atoms with Gasteiger partial charge in [0, 0.05) is 12.4 Å². The highest BCUT2D eigenvalue weighted by Crippen LogP contribution is 2.39. The molecule has 0 N–H and O–H groups in total. The Morgan fingerprint density at radius 2 is 1.85 bits per heavy atom. The second-order valence-corrected chi connectivity index (χ2v) is 10.6. The molecule has 2 heterocycles. The van der Waals surface area contributed by atoms with Crippen molar-refractivity contribution in [2.45, 2.75) is 11.4 Å². The molecule has 11 heteroatoms. The van der Waals surface area contributed by atoms with Gasteiger partial charge in [-0.2, -0.15) is 0 Å².